The van der Waals surface area contributed by atoms with Crippen molar-refractivity contribution in [1.82, 2.24) is 19.6 Å². The summed E-state index contributed by atoms with van der Waals surface area (Å²) in [4.78, 5) is 4.34. The van der Waals surface area contributed by atoms with E-state index in [1.165, 1.54) is 12.1 Å². The molecule has 0 saturated heterocycles. The monoisotopic (exact) mass is 220 g/mol. The fraction of sp³-hybridized carbons (Fsp3) is 0.583. The van der Waals surface area contributed by atoms with Crippen molar-refractivity contribution in [2.45, 2.75) is 19.5 Å². The van der Waals surface area contributed by atoms with Gasteiger partial charge >= 0.3 is 0 Å². The van der Waals surface area contributed by atoms with Gasteiger partial charge in [-0.25, -0.2) is 0 Å². The van der Waals surface area contributed by atoms with Crippen molar-refractivity contribution < 1.29 is 0 Å². The molecule has 0 aliphatic carbocycles. The van der Waals surface area contributed by atoms with Crippen molar-refractivity contribution in [3.05, 3.63) is 24.0 Å². The molecule has 1 aromatic rings. The third kappa shape index (κ3) is 2.11. The van der Waals surface area contributed by atoms with Crippen LogP contribution in [0.15, 0.2) is 12.6 Å². The summed E-state index contributed by atoms with van der Waals surface area (Å²) in [6, 6.07) is 2.16. The lowest BCUT2D eigenvalue weighted by atomic mass is 10.3. The normalized spacial score (nSPS) is 16.7. The number of nitrogens with zero attached hydrogens (tertiary/aromatic N) is 4. The molecule has 0 spiro atoms. The smallest absolute Gasteiger partial charge is 0.108 e. The summed E-state index contributed by atoms with van der Waals surface area (Å²) in [5, 5.41) is 4.62. The van der Waals surface area contributed by atoms with Crippen LogP contribution in [0.5, 0.6) is 0 Å². The van der Waals surface area contributed by atoms with Gasteiger partial charge in [0.1, 0.15) is 5.69 Å². The largest absolute Gasteiger partial charge is 0.376 e. The van der Waals surface area contributed by atoms with Crippen LogP contribution < -0.4 is 0 Å². The maximum Gasteiger partial charge on any atom is 0.108 e. The van der Waals surface area contributed by atoms with E-state index in [1.54, 1.807) is 0 Å². The van der Waals surface area contributed by atoms with E-state index < -0.39 is 0 Å². The summed E-state index contributed by atoms with van der Waals surface area (Å²) in [6.45, 7) is 7.19. The van der Waals surface area contributed by atoms with E-state index in [2.05, 4.69) is 34.4 Å². The highest BCUT2D eigenvalue weighted by molar-refractivity contribution is 5.58. The Morgan fingerprint density at radius 1 is 1.44 bits per heavy atom. The molecule has 0 bridgehead atoms. The average Bonchev–Trinajstić information content (AvgIpc) is 2.52. The summed E-state index contributed by atoms with van der Waals surface area (Å²) in [6.07, 6.45) is 1.17. The molecule has 4 heteroatoms. The third-order valence-electron chi connectivity index (χ3n) is 3.04. The van der Waals surface area contributed by atoms with Gasteiger partial charge in [-0.2, -0.15) is 5.10 Å². The first kappa shape index (κ1) is 11.2. The molecular weight excluding hydrogens is 200 g/mol. The second-order valence-corrected chi connectivity index (χ2v) is 4.68. The van der Waals surface area contributed by atoms with Crippen LogP contribution in [0.2, 0.25) is 0 Å². The van der Waals surface area contributed by atoms with Gasteiger partial charge in [-0.3, -0.25) is 4.68 Å². The van der Waals surface area contributed by atoms with Crippen molar-refractivity contribution in [1.29, 1.82) is 0 Å². The number of rotatable bonds is 2. The molecule has 0 fully saturated rings. The van der Waals surface area contributed by atoms with Gasteiger partial charge in [-0.1, -0.05) is 6.58 Å². The van der Waals surface area contributed by atoms with Gasteiger partial charge in [-0.15, -0.1) is 0 Å². The van der Waals surface area contributed by atoms with Crippen LogP contribution in [-0.2, 0) is 13.1 Å². The molecule has 0 aromatic carbocycles. The minimum atomic E-state index is 0.975. The van der Waals surface area contributed by atoms with E-state index >= 15 is 0 Å². The zero-order valence-corrected chi connectivity index (χ0v) is 10.4. The van der Waals surface area contributed by atoms with Crippen molar-refractivity contribution >= 4 is 5.70 Å². The Hall–Kier alpha value is -1.29. The maximum atomic E-state index is 4.62. The summed E-state index contributed by atoms with van der Waals surface area (Å²) >= 11 is 0. The molecule has 2 heterocycles. The van der Waals surface area contributed by atoms with Crippen LogP contribution in [0.25, 0.3) is 5.70 Å². The first-order chi connectivity index (χ1) is 7.58. The van der Waals surface area contributed by atoms with Gasteiger partial charge in [0.05, 0.1) is 11.4 Å². The van der Waals surface area contributed by atoms with Crippen LogP contribution in [0.3, 0.4) is 0 Å². The Morgan fingerprint density at radius 2 is 2.19 bits per heavy atom. The van der Waals surface area contributed by atoms with Crippen LogP contribution in [0.4, 0.5) is 0 Å². The van der Waals surface area contributed by atoms with Crippen LogP contribution in [0, 0.1) is 0 Å². The third-order valence-corrected chi connectivity index (χ3v) is 3.04. The van der Waals surface area contributed by atoms with Gasteiger partial charge < -0.3 is 9.80 Å². The first-order valence-electron chi connectivity index (χ1n) is 5.70. The molecule has 16 heavy (non-hydrogen) atoms. The second-order valence-electron chi connectivity index (χ2n) is 4.68. The van der Waals surface area contributed by atoms with Crippen LogP contribution in [-0.4, -0.2) is 47.3 Å². The molecule has 1 aromatic heterocycles. The number of hydrogen-bond acceptors (Lipinski definition) is 3. The summed E-state index contributed by atoms with van der Waals surface area (Å²) in [5.74, 6) is 0. The Bertz CT molecular complexity index is 392. The molecule has 0 unspecified atom stereocenters. The quantitative estimate of drug-likeness (QED) is 0.749. The molecule has 2 rings (SSSR count). The van der Waals surface area contributed by atoms with E-state index in [4.69, 9.17) is 0 Å². The summed E-state index contributed by atoms with van der Waals surface area (Å²) in [5.41, 5.74) is 3.26. The second kappa shape index (κ2) is 4.29. The summed E-state index contributed by atoms with van der Waals surface area (Å²) in [7, 11) is 6.15. The molecule has 88 valence electrons. The highest BCUT2D eigenvalue weighted by Crippen LogP contribution is 2.18. The predicted molar refractivity (Wildman–Crippen MR) is 65.9 cm³/mol. The molecule has 1 aliphatic heterocycles. The first-order valence-corrected chi connectivity index (χ1v) is 5.70. The molecular formula is C12H20N4. The molecule has 0 radical (unpaired) electrons. The predicted octanol–water partition coefficient (Wildman–Crippen LogP) is 1.25. The Labute approximate surface area is 97.1 Å². The van der Waals surface area contributed by atoms with Gasteiger partial charge in [0.25, 0.3) is 0 Å². The van der Waals surface area contributed by atoms with Gasteiger partial charge in [-0.05, 0) is 19.5 Å². The van der Waals surface area contributed by atoms with Crippen LogP contribution >= 0.6 is 0 Å². The van der Waals surface area contributed by atoms with E-state index in [1.807, 2.05) is 19.0 Å². The molecule has 0 saturated carbocycles. The maximum absolute atomic E-state index is 4.62. The topological polar surface area (TPSA) is 24.3 Å². The highest BCUT2D eigenvalue weighted by atomic mass is 15.3. The fourth-order valence-electron chi connectivity index (χ4n) is 1.99. The standard InChI is InChI=1S/C12H20N4/c1-10(14(2)3)12-8-11-9-15(4)6-5-7-16(11)13-12/h8H,1,5-7,9H2,2-4H3. The van der Waals surface area contributed by atoms with E-state index in [9.17, 15) is 0 Å². The molecule has 4 nitrogen and oxygen atoms in total. The Kier molecular flexibility index (Phi) is 3.01. The van der Waals surface area contributed by atoms with Crippen molar-refractivity contribution in [2.75, 3.05) is 27.7 Å². The zero-order valence-electron chi connectivity index (χ0n) is 10.4. The van der Waals surface area contributed by atoms with Gasteiger partial charge in [0, 0.05) is 33.7 Å². The molecule has 0 atom stereocenters. The van der Waals surface area contributed by atoms with Crippen molar-refractivity contribution in [2.24, 2.45) is 0 Å². The molecule has 0 amide bonds. The van der Waals surface area contributed by atoms with Gasteiger partial charge in [0.2, 0.25) is 0 Å². The van der Waals surface area contributed by atoms with Crippen molar-refractivity contribution in [3.8, 4) is 0 Å². The van der Waals surface area contributed by atoms with Gasteiger partial charge in [0.15, 0.2) is 0 Å². The number of fused-ring (bicyclic) bond motifs is 1. The van der Waals surface area contributed by atoms with Crippen molar-refractivity contribution in [3.63, 3.8) is 0 Å². The van der Waals surface area contributed by atoms with E-state index in [-0.39, 0.29) is 0 Å². The number of aromatic nitrogens is 2. The van der Waals surface area contributed by atoms with E-state index in [0.29, 0.717) is 0 Å². The average molecular weight is 220 g/mol. The number of aryl methyl sites for hydroxylation is 1. The highest BCUT2D eigenvalue weighted by Gasteiger charge is 2.15. The minimum absolute atomic E-state index is 0.975. The Balaban J connectivity index is 2.26. The lowest BCUT2D eigenvalue weighted by Crippen LogP contribution is -2.17. The molecule has 0 N–H and O–H groups in total. The fourth-order valence-corrected chi connectivity index (χ4v) is 1.99. The Morgan fingerprint density at radius 3 is 2.88 bits per heavy atom. The van der Waals surface area contributed by atoms with Crippen LogP contribution in [0.1, 0.15) is 17.8 Å². The lowest BCUT2D eigenvalue weighted by molar-refractivity contribution is 0.332. The summed E-state index contributed by atoms with van der Waals surface area (Å²) < 4.78 is 2.12. The zero-order chi connectivity index (χ0) is 11.7. The minimum Gasteiger partial charge on any atom is -0.376 e. The number of hydrogen-bond donors (Lipinski definition) is 0. The molecule has 1 aliphatic rings. The SMILES string of the molecule is C=C(c1cc2n(n1)CCCN(C)C2)N(C)C. The van der Waals surface area contributed by atoms with E-state index in [0.717, 1.165) is 31.0 Å². The lowest BCUT2D eigenvalue weighted by Gasteiger charge is -2.13.